The first-order valence-corrected chi connectivity index (χ1v) is 8.27. The molecule has 1 aliphatic rings. The van der Waals surface area contributed by atoms with Crippen LogP contribution in [0.1, 0.15) is 29.5 Å². The third kappa shape index (κ3) is 3.74. The van der Waals surface area contributed by atoms with Gasteiger partial charge in [0.25, 0.3) is 5.91 Å². The first-order valence-electron chi connectivity index (χ1n) is 8.27. The summed E-state index contributed by atoms with van der Waals surface area (Å²) in [6.45, 7) is 8.17. The number of morpholine rings is 1. The predicted octanol–water partition coefficient (Wildman–Crippen LogP) is 2.58. The molecule has 1 unspecified atom stereocenters. The van der Waals surface area contributed by atoms with Crippen molar-refractivity contribution in [1.82, 2.24) is 10.2 Å². The molecule has 23 heavy (non-hydrogen) atoms. The van der Waals surface area contributed by atoms with E-state index < -0.39 is 0 Å². The molecule has 0 spiro atoms. The van der Waals surface area contributed by atoms with E-state index in [1.54, 1.807) is 0 Å². The molecule has 3 rings (SSSR count). The van der Waals surface area contributed by atoms with Crippen molar-refractivity contribution in [2.75, 3.05) is 32.8 Å². The number of carbonyl (C=O) groups is 1. The van der Waals surface area contributed by atoms with Gasteiger partial charge in [0.1, 0.15) is 11.3 Å². The Labute approximate surface area is 136 Å². The highest BCUT2D eigenvalue weighted by molar-refractivity contribution is 5.97. The number of nitrogens with one attached hydrogen (secondary N) is 1. The minimum absolute atomic E-state index is 0.0301. The molecule has 1 N–H and O–H groups in total. The summed E-state index contributed by atoms with van der Waals surface area (Å²) in [5, 5.41) is 4.03. The van der Waals surface area contributed by atoms with E-state index in [1.807, 2.05) is 31.2 Å². The van der Waals surface area contributed by atoms with Gasteiger partial charge in [-0.2, -0.15) is 0 Å². The van der Waals surface area contributed by atoms with Gasteiger partial charge in [0, 0.05) is 36.6 Å². The predicted molar refractivity (Wildman–Crippen MR) is 89.8 cm³/mol. The lowest BCUT2D eigenvalue weighted by Gasteiger charge is -2.34. The molecule has 1 aromatic heterocycles. The van der Waals surface area contributed by atoms with Gasteiger partial charge in [-0.25, -0.2) is 0 Å². The standard InChI is InChI=1S/C18H24N2O3/c1-3-16(20-6-8-22-9-7-20)12-19-18(21)14-4-5-17-15(11-14)10-13(2)23-17/h4-5,10-11,16H,3,6-9,12H2,1-2H3,(H,19,21). The number of hydrogen-bond acceptors (Lipinski definition) is 4. The van der Waals surface area contributed by atoms with E-state index in [4.69, 9.17) is 9.15 Å². The molecular weight excluding hydrogens is 292 g/mol. The second kappa shape index (κ2) is 7.15. The lowest BCUT2D eigenvalue weighted by Crippen LogP contribution is -2.48. The Hall–Kier alpha value is -1.85. The van der Waals surface area contributed by atoms with Crippen LogP contribution in [0.25, 0.3) is 11.0 Å². The number of fused-ring (bicyclic) bond motifs is 1. The minimum Gasteiger partial charge on any atom is -0.461 e. The molecule has 1 amide bonds. The van der Waals surface area contributed by atoms with E-state index in [0.29, 0.717) is 18.2 Å². The number of benzene rings is 1. The van der Waals surface area contributed by atoms with E-state index in [-0.39, 0.29) is 5.91 Å². The molecule has 124 valence electrons. The second-order valence-electron chi connectivity index (χ2n) is 6.03. The first-order chi connectivity index (χ1) is 11.2. The van der Waals surface area contributed by atoms with Crippen LogP contribution in [0.5, 0.6) is 0 Å². The van der Waals surface area contributed by atoms with Gasteiger partial charge in [0.2, 0.25) is 0 Å². The highest BCUT2D eigenvalue weighted by atomic mass is 16.5. The minimum atomic E-state index is -0.0301. The Kier molecular flexibility index (Phi) is 4.98. The number of aryl methyl sites for hydroxylation is 1. The average molecular weight is 316 g/mol. The van der Waals surface area contributed by atoms with E-state index >= 15 is 0 Å². The fourth-order valence-electron chi connectivity index (χ4n) is 3.10. The molecule has 0 bridgehead atoms. The summed E-state index contributed by atoms with van der Waals surface area (Å²) in [7, 11) is 0. The summed E-state index contributed by atoms with van der Waals surface area (Å²) in [5.41, 5.74) is 1.49. The van der Waals surface area contributed by atoms with Gasteiger partial charge < -0.3 is 14.5 Å². The van der Waals surface area contributed by atoms with Crippen LogP contribution in [-0.2, 0) is 4.74 Å². The fraction of sp³-hybridized carbons (Fsp3) is 0.500. The smallest absolute Gasteiger partial charge is 0.251 e. The molecule has 1 aromatic carbocycles. The summed E-state index contributed by atoms with van der Waals surface area (Å²) in [6.07, 6.45) is 1.01. The van der Waals surface area contributed by atoms with E-state index in [1.165, 1.54) is 0 Å². The van der Waals surface area contributed by atoms with E-state index in [0.717, 1.165) is 49.5 Å². The molecule has 1 saturated heterocycles. The summed E-state index contributed by atoms with van der Waals surface area (Å²) < 4.78 is 10.9. The molecule has 5 heteroatoms. The maximum Gasteiger partial charge on any atom is 0.251 e. The quantitative estimate of drug-likeness (QED) is 0.921. The Morgan fingerprint density at radius 2 is 2.09 bits per heavy atom. The van der Waals surface area contributed by atoms with Gasteiger partial charge >= 0.3 is 0 Å². The number of rotatable bonds is 5. The van der Waals surface area contributed by atoms with Crippen LogP contribution in [0.15, 0.2) is 28.7 Å². The number of carbonyl (C=O) groups excluding carboxylic acids is 1. The van der Waals surface area contributed by atoms with Crippen LogP contribution < -0.4 is 5.32 Å². The van der Waals surface area contributed by atoms with Crippen molar-refractivity contribution in [3.05, 3.63) is 35.6 Å². The van der Waals surface area contributed by atoms with Crippen LogP contribution in [0.4, 0.5) is 0 Å². The average Bonchev–Trinajstić information content (AvgIpc) is 2.95. The van der Waals surface area contributed by atoms with Crippen molar-refractivity contribution in [3.63, 3.8) is 0 Å². The van der Waals surface area contributed by atoms with E-state index in [9.17, 15) is 4.79 Å². The topological polar surface area (TPSA) is 54.7 Å². The molecule has 0 saturated carbocycles. The monoisotopic (exact) mass is 316 g/mol. The zero-order valence-electron chi connectivity index (χ0n) is 13.8. The Morgan fingerprint density at radius 3 is 2.83 bits per heavy atom. The summed E-state index contributed by atoms with van der Waals surface area (Å²) in [5.74, 6) is 0.827. The van der Waals surface area contributed by atoms with Gasteiger partial charge in [-0.05, 0) is 37.6 Å². The number of furan rings is 1. The maximum atomic E-state index is 12.4. The van der Waals surface area contributed by atoms with Crippen molar-refractivity contribution < 1.29 is 13.9 Å². The molecule has 0 aliphatic carbocycles. The summed E-state index contributed by atoms with van der Waals surface area (Å²) >= 11 is 0. The van der Waals surface area contributed by atoms with Crippen LogP contribution in [0.2, 0.25) is 0 Å². The highest BCUT2D eigenvalue weighted by Crippen LogP contribution is 2.20. The van der Waals surface area contributed by atoms with Crippen LogP contribution in [0.3, 0.4) is 0 Å². The molecule has 5 nitrogen and oxygen atoms in total. The Morgan fingerprint density at radius 1 is 1.30 bits per heavy atom. The Balaban J connectivity index is 1.62. The number of ether oxygens (including phenoxy) is 1. The lowest BCUT2D eigenvalue weighted by atomic mass is 10.1. The van der Waals surface area contributed by atoms with E-state index in [2.05, 4.69) is 17.1 Å². The highest BCUT2D eigenvalue weighted by Gasteiger charge is 2.20. The Bertz CT molecular complexity index is 674. The SMILES string of the molecule is CCC(CNC(=O)c1ccc2oc(C)cc2c1)N1CCOCC1. The van der Waals surface area contributed by atoms with Crippen molar-refractivity contribution in [1.29, 1.82) is 0 Å². The number of nitrogens with zero attached hydrogens (tertiary/aromatic N) is 1. The zero-order valence-corrected chi connectivity index (χ0v) is 13.8. The zero-order chi connectivity index (χ0) is 16.2. The largest absolute Gasteiger partial charge is 0.461 e. The van der Waals surface area contributed by atoms with Gasteiger partial charge in [0.15, 0.2) is 0 Å². The number of amides is 1. The first kappa shape index (κ1) is 16.0. The van der Waals surface area contributed by atoms with Gasteiger partial charge in [-0.1, -0.05) is 6.92 Å². The van der Waals surface area contributed by atoms with Crippen LogP contribution >= 0.6 is 0 Å². The molecule has 2 aromatic rings. The van der Waals surface area contributed by atoms with Gasteiger partial charge in [-0.3, -0.25) is 9.69 Å². The third-order valence-corrected chi connectivity index (χ3v) is 4.43. The normalized spacial score (nSPS) is 17.3. The molecular formula is C18H24N2O3. The number of hydrogen-bond donors (Lipinski definition) is 1. The van der Waals surface area contributed by atoms with Gasteiger partial charge in [-0.15, -0.1) is 0 Å². The molecule has 1 atom stereocenters. The van der Waals surface area contributed by atoms with Crippen molar-refractivity contribution in [3.8, 4) is 0 Å². The second-order valence-corrected chi connectivity index (χ2v) is 6.03. The summed E-state index contributed by atoms with van der Waals surface area (Å²) in [4.78, 5) is 14.8. The maximum absolute atomic E-state index is 12.4. The molecule has 2 heterocycles. The molecule has 1 fully saturated rings. The van der Waals surface area contributed by atoms with Gasteiger partial charge in [0.05, 0.1) is 13.2 Å². The summed E-state index contributed by atoms with van der Waals surface area (Å²) in [6, 6.07) is 7.88. The van der Waals surface area contributed by atoms with Crippen molar-refractivity contribution >= 4 is 16.9 Å². The fourth-order valence-corrected chi connectivity index (χ4v) is 3.10. The van der Waals surface area contributed by atoms with Crippen LogP contribution in [-0.4, -0.2) is 49.7 Å². The van der Waals surface area contributed by atoms with Crippen molar-refractivity contribution in [2.45, 2.75) is 26.3 Å². The van der Waals surface area contributed by atoms with Crippen molar-refractivity contribution in [2.24, 2.45) is 0 Å². The van der Waals surface area contributed by atoms with Crippen LogP contribution in [0, 0.1) is 6.92 Å². The third-order valence-electron chi connectivity index (χ3n) is 4.43. The lowest BCUT2D eigenvalue weighted by molar-refractivity contribution is 0.0159. The molecule has 1 aliphatic heterocycles. The molecule has 0 radical (unpaired) electrons.